The summed E-state index contributed by atoms with van der Waals surface area (Å²) >= 11 is 0. The molecule has 0 spiro atoms. The Labute approximate surface area is 200 Å². The summed E-state index contributed by atoms with van der Waals surface area (Å²) < 4.78 is 5.28. The molecule has 1 fully saturated rings. The Morgan fingerprint density at radius 2 is 1.50 bits per heavy atom. The highest BCUT2D eigenvalue weighted by molar-refractivity contribution is 5.94. The highest BCUT2D eigenvalue weighted by Crippen LogP contribution is 2.26. The van der Waals surface area contributed by atoms with E-state index in [2.05, 4.69) is 5.32 Å². The first kappa shape index (κ1) is 23.5. The van der Waals surface area contributed by atoms with Crippen molar-refractivity contribution >= 4 is 17.7 Å². The van der Waals surface area contributed by atoms with Crippen LogP contribution in [-0.4, -0.2) is 29.0 Å². The molecule has 176 valence electrons. The van der Waals surface area contributed by atoms with Crippen molar-refractivity contribution in [2.75, 3.05) is 5.32 Å². The van der Waals surface area contributed by atoms with E-state index in [0.717, 1.165) is 36.8 Å². The molecule has 3 aromatic carbocycles. The molecular weight excluding hydrogens is 426 g/mol. The van der Waals surface area contributed by atoms with E-state index < -0.39 is 6.09 Å². The third kappa shape index (κ3) is 6.23. The van der Waals surface area contributed by atoms with Gasteiger partial charge in [-0.05, 0) is 48.2 Å². The molecule has 0 heterocycles. The summed E-state index contributed by atoms with van der Waals surface area (Å²) in [5, 5.41) is 2.75. The van der Waals surface area contributed by atoms with E-state index in [1.807, 2.05) is 89.8 Å². The molecule has 0 bridgehead atoms. The zero-order chi connectivity index (χ0) is 23.8. The fraction of sp³-hybridized carbons (Fsp3) is 0.286. The maximum absolute atomic E-state index is 13.4. The second kappa shape index (κ2) is 11.5. The van der Waals surface area contributed by atoms with Crippen LogP contribution in [0.25, 0.3) is 0 Å². The molecule has 1 aliphatic rings. The summed E-state index contributed by atoms with van der Waals surface area (Å²) in [5.41, 5.74) is 9.65. The zero-order valence-corrected chi connectivity index (χ0v) is 19.2. The van der Waals surface area contributed by atoms with Crippen molar-refractivity contribution in [3.8, 4) is 0 Å². The lowest BCUT2D eigenvalue weighted by Crippen LogP contribution is -2.51. The van der Waals surface area contributed by atoms with Crippen LogP contribution in [0.4, 0.5) is 10.5 Å². The summed E-state index contributed by atoms with van der Waals surface area (Å²) in [6.45, 7) is 0.674. The van der Waals surface area contributed by atoms with E-state index >= 15 is 0 Å². The van der Waals surface area contributed by atoms with Gasteiger partial charge in [0.15, 0.2) is 0 Å². The number of rotatable bonds is 7. The lowest BCUT2D eigenvalue weighted by Gasteiger charge is -2.38. The van der Waals surface area contributed by atoms with Crippen LogP contribution < -0.4 is 11.1 Å². The third-order valence-corrected chi connectivity index (χ3v) is 6.23. The number of anilines is 1. The van der Waals surface area contributed by atoms with Gasteiger partial charge in [-0.2, -0.15) is 0 Å². The molecule has 2 atom stereocenters. The second-order valence-electron chi connectivity index (χ2n) is 8.70. The Bertz CT molecular complexity index is 1070. The topological polar surface area (TPSA) is 84.7 Å². The summed E-state index contributed by atoms with van der Waals surface area (Å²) in [5.74, 6) is -0.00496. The monoisotopic (exact) mass is 457 g/mol. The Balaban J connectivity index is 1.41. The average molecular weight is 458 g/mol. The van der Waals surface area contributed by atoms with Crippen molar-refractivity contribution in [1.82, 2.24) is 4.90 Å². The van der Waals surface area contributed by atoms with Crippen molar-refractivity contribution in [3.05, 3.63) is 102 Å². The Hall–Kier alpha value is -3.64. The Morgan fingerprint density at radius 3 is 2.18 bits per heavy atom. The molecule has 2 amide bonds. The molecule has 6 nitrogen and oxygen atoms in total. The van der Waals surface area contributed by atoms with Gasteiger partial charge in [-0.1, -0.05) is 73.5 Å². The standard InChI is InChI=1S/C28H31N3O3/c29-25-13-7-8-14-26(25)31(27(32)23-11-5-2-6-12-23)19-21-15-17-24(18-16-21)30-28(33)34-20-22-9-3-1-4-10-22/h1-6,9-12,15-18,25-26H,7-8,13-14,19-20,29H2,(H,30,33). The van der Waals surface area contributed by atoms with Crippen LogP contribution in [-0.2, 0) is 17.9 Å². The molecule has 0 aromatic heterocycles. The van der Waals surface area contributed by atoms with Gasteiger partial charge in [0.1, 0.15) is 6.61 Å². The number of nitrogens with zero attached hydrogens (tertiary/aromatic N) is 1. The first-order valence-electron chi connectivity index (χ1n) is 11.8. The quantitative estimate of drug-likeness (QED) is 0.501. The van der Waals surface area contributed by atoms with Crippen molar-refractivity contribution in [2.24, 2.45) is 5.73 Å². The number of carbonyl (C=O) groups excluding carboxylic acids is 2. The number of hydrogen-bond acceptors (Lipinski definition) is 4. The van der Waals surface area contributed by atoms with E-state index in [9.17, 15) is 9.59 Å². The maximum atomic E-state index is 13.4. The second-order valence-corrected chi connectivity index (χ2v) is 8.70. The van der Waals surface area contributed by atoms with Gasteiger partial charge >= 0.3 is 6.09 Å². The minimum atomic E-state index is -0.509. The molecule has 0 saturated heterocycles. The van der Waals surface area contributed by atoms with Crippen LogP contribution in [0, 0.1) is 0 Å². The van der Waals surface area contributed by atoms with Gasteiger partial charge in [0.05, 0.1) is 0 Å². The molecular formula is C28H31N3O3. The lowest BCUT2D eigenvalue weighted by atomic mass is 9.89. The number of amides is 2. The van der Waals surface area contributed by atoms with Crippen molar-refractivity contribution < 1.29 is 14.3 Å². The fourth-order valence-electron chi connectivity index (χ4n) is 4.38. The fourth-order valence-corrected chi connectivity index (χ4v) is 4.38. The SMILES string of the molecule is NC1CCCCC1N(Cc1ccc(NC(=O)OCc2ccccc2)cc1)C(=O)c1ccccc1. The largest absolute Gasteiger partial charge is 0.444 e. The first-order valence-corrected chi connectivity index (χ1v) is 11.8. The van der Waals surface area contributed by atoms with Gasteiger partial charge < -0.3 is 15.4 Å². The van der Waals surface area contributed by atoms with E-state index in [1.165, 1.54) is 0 Å². The van der Waals surface area contributed by atoms with E-state index in [1.54, 1.807) is 0 Å². The van der Waals surface area contributed by atoms with Crippen LogP contribution in [0.3, 0.4) is 0 Å². The number of carbonyl (C=O) groups is 2. The van der Waals surface area contributed by atoms with E-state index in [4.69, 9.17) is 10.5 Å². The van der Waals surface area contributed by atoms with Crippen LogP contribution in [0.2, 0.25) is 0 Å². The molecule has 1 saturated carbocycles. The van der Waals surface area contributed by atoms with Crippen molar-refractivity contribution in [1.29, 1.82) is 0 Å². The van der Waals surface area contributed by atoms with Gasteiger partial charge in [0.2, 0.25) is 0 Å². The number of ether oxygens (including phenoxy) is 1. The van der Waals surface area contributed by atoms with Crippen LogP contribution >= 0.6 is 0 Å². The summed E-state index contributed by atoms with van der Waals surface area (Å²) in [4.78, 5) is 27.4. The summed E-state index contributed by atoms with van der Waals surface area (Å²) in [6, 6.07) is 26.4. The first-order chi connectivity index (χ1) is 16.6. The van der Waals surface area contributed by atoms with Gasteiger partial charge in [0.25, 0.3) is 5.91 Å². The van der Waals surface area contributed by atoms with E-state index in [0.29, 0.717) is 17.8 Å². The van der Waals surface area contributed by atoms with Gasteiger partial charge in [-0.3, -0.25) is 10.1 Å². The number of nitrogens with two attached hydrogens (primary N) is 1. The highest BCUT2D eigenvalue weighted by Gasteiger charge is 2.31. The number of hydrogen-bond donors (Lipinski definition) is 2. The summed E-state index contributed by atoms with van der Waals surface area (Å²) in [6.07, 6.45) is 3.51. The van der Waals surface area contributed by atoms with Gasteiger partial charge in [-0.15, -0.1) is 0 Å². The molecule has 2 unspecified atom stereocenters. The molecule has 34 heavy (non-hydrogen) atoms. The van der Waals surface area contributed by atoms with Crippen molar-refractivity contribution in [3.63, 3.8) is 0 Å². The number of benzene rings is 3. The van der Waals surface area contributed by atoms with Crippen LogP contribution in [0.5, 0.6) is 0 Å². The molecule has 3 N–H and O–H groups in total. The normalized spacial score (nSPS) is 17.6. The molecule has 3 aromatic rings. The smallest absolute Gasteiger partial charge is 0.411 e. The Morgan fingerprint density at radius 1 is 0.853 bits per heavy atom. The lowest BCUT2D eigenvalue weighted by molar-refractivity contribution is 0.0583. The van der Waals surface area contributed by atoms with Crippen molar-refractivity contribution in [2.45, 2.75) is 50.9 Å². The zero-order valence-electron chi connectivity index (χ0n) is 19.2. The van der Waals surface area contributed by atoms with Crippen LogP contribution in [0.15, 0.2) is 84.9 Å². The van der Waals surface area contributed by atoms with E-state index in [-0.39, 0.29) is 24.6 Å². The third-order valence-electron chi connectivity index (χ3n) is 6.23. The highest BCUT2D eigenvalue weighted by atomic mass is 16.5. The molecule has 0 radical (unpaired) electrons. The Kier molecular flexibility index (Phi) is 7.94. The molecule has 0 aliphatic heterocycles. The van der Waals surface area contributed by atoms with Gasteiger partial charge in [-0.25, -0.2) is 4.79 Å². The molecule has 4 rings (SSSR count). The predicted octanol–water partition coefficient (Wildman–Crippen LogP) is 5.35. The molecule has 1 aliphatic carbocycles. The predicted molar refractivity (Wildman–Crippen MR) is 133 cm³/mol. The van der Waals surface area contributed by atoms with Gasteiger partial charge in [0, 0.05) is 29.9 Å². The van der Waals surface area contributed by atoms with Crippen LogP contribution in [0.1, 0.15) is 47.2 Å². The molecule has 6 heteroatoms. The minimum Gasteiger partial charge on any atom is -0.444 e. The maximum Gasteiger partial charge on any atom is 0.411 e. The minimum absolute atomic E-state index is 0.00496. The average Bonchev–Trinajstić information content (AvgIpc) is 2.88. The number of nitrogens with one attached hydrogen (secondary N) is 1. The summed E-state index contributed by atoms with van der Waals surface area (Å²) in [7, 11) is 0.